The van der Waals surface area contributed by atoms with Crippen LogP contribution >= 0.6 is 0 Å². The van der Waals surface area contributed by atoms with Gasteiger partial charge in [-0.1, -0.05) is 54.6 Å². The van der Waals surface area contributed by atoms with Gasteiger partial charge in [-0.25, -0.2) is 9.18 Å². The number of aromatic nitrogens is 3. The lowest BCUT2D eigenvalue weighted by atomic mass is 10.2. The van der Waals surface area contributed by atoms with Gasteiger partial charge in [0.2, 0.25) is 5.69 Å². The fourth-order valence-electron chi connectivity index (χ4n) is 3.40. The maximum Gasteiger partial charge on any atom is 0.352 e. The van der Waals surface area contributed by atoms with Crippen LogP contribution in [0.4, 0.5) is 4.39 Å². The van der Waals surface area contributed by atoms with Crippen molar-refractivity contribution in [3.63, 3.8) is 0 Å². The van der Waals surface area contributed by atoms with Gasteiger partial charge in [-0.2, -0.15) is 9.78 Å². The summed E-state index contributed by atoms with van der Waals surface area (Å²) >= 11 is 0. The quantitative estimate of drug-likeness (QED) is 0.496. The minimum atomic E-state index is -0.848. The maximum atomic E-state index is 13.7. The molecule has 0 aliphatic heterocycles. The van der Waals surface area contributed by atoms with E-state index in [-0.39, 0.29) is 13.1 Å². The third-order valence-electron chi connectivity index (χ3n) is 5.05. The van der Waals surface area contributed by atoms with E-state index in [0.717, 1.165) is 20.4 Å². The van der Waals surface area contributed by atoms with Crippen LogP contribution in [-0.4, -0.2) is 20.3 Å². The molecule has 0 fully saturated rings. The van der Waals surface area contributed by atoms with E-state index in [1.807, 2.05) is 43.3 Å². The van der Waals surface area contributed by atoms with Crippen LogP contribution < -0.4 is 16.6 Å². The summed E-state index contributed by atoms with van der Waals surface area (Å²) < 4.78 is 15.6. The number of carbonyl (C=O) groups is 1. The molecular weight excluding hydrogens is 423 g/mol. The molecule has 0 radical (unpaired) electrons. The van der Waals surface area contributed by atoms with Crippen LogP contribution in [0, 0.1) is 12.7 Å². The Bertz CT molecular complexity index is 1430. The van der Waals surface area contributed by atoms with E-state index < -0.39 is 28.7 Å². The summed E-state index contributed by atoms with van der Waals surface area (Å²) in [7, 11) is 0. The Morgan fingerprint density at radius 3 is 2.39 bits per heavy atom. The highest BCUT2D eigenvalue weighted by Crippen LogP contribution is 2.08. The number of rotatable bonds is 6. The minimum absolute atomic E-state index is 0.189. The molecule has 4 aromatic rings. The Labute approximate surface area is 188 Å². The monoisotopic (exact) mass is 444 g/mol. The van der Waals surface area contributed by atoms with Gasteiger partial charge in [0, 0.05) is 6.54 Å². The number of hydrogen-bond donors (Lipinski definition) is 1. The molecular formula is C25H21FN4O3. The first-order valence-corrected chi connectivity index (χ1v) is 10.3. The molecule has 166 valence electrons. The average Bonchev–Trinajstić information content (AvgIpc) is 2.81. The molecule has 0 atom stereocenters. The molecule has 0 aliphatic rings. The Morgan fingerprint density at radius 1 is 0.939 bits per heavy atom. The maximum absolute atomic E-state index is 13.7. The predicted octanol–water partition coefficient (Wildman–Crippen LogP) is 2.82. The first kappa shape index (κ1) is 21.9. The summed E-state index contributed by atoms with van der Waals surface area (Å²) in [6, 6.07) is 21.8. The average molecular weight is 444 g/mol. The van der Waals surface area contributed by atoms with Crippen LogP contribution in [0.25, 0.3) is 5.69 Å². The second-order valence-corrected chi connectivity index (χ2v) is 7.57. The number of benzene rings is 3. The van der Waals surface area contributed by atoms with Crippen molar-refractivity contribution in [2.75, 3.05) is 0 Å². The third-order valence-corrected chi connectivity index (χ3v) is 5.05. The van der Waals surface area contributed by atoms with Gasteiger partial charge in [0.05, 0.1) is 12.2 Å². The van der Waals surface area contributed by atoms with Gasteiger partial charge >= 0.3 is 5.69 Å². The van der Waals surface area contributed by atoms with Crippen LogP contribution in [0.2, 0.25) is 0 Å². The normalized spacial score (nSPS) is 10.7. The summed E-state index contributed by atoms with van der Waals surface area (Å²) in [5, 5.41) is 6.78. The minimum Gasteiger partial charge on any atom is -0.346 e. The lowest BCUT2D eigenvalue weighted by Crippen LogP contribution is -2.46. The molecule has 8 heteroatoms. The molecule has 3 aromatic carbocycles. The lowest BCUT2D eigenvalue weighted by molar-refractivity contribution is 0.0941. The van der Waals surface area contributed by atoms with Crippen molar-refractivity contribution in [3.05, 3.63) is 128 Å². The summed E-state index contributed by atoms with van der Waals surface area (Å²) in [4.78, 5) is 39.2. The summed E-state index contributed by atoms with van der Waals surface area (Å²) in [6.07, 6.45) is 0. The van der Waals surface area contributed by atoms with Crippen molar-refractivity contribution < 1.29 is 9.18 Å². The largest absolute Gasteiger partial charge is 0.352 e. The van der Waals surface area contributed by atoms with Crippen LogP contribution in [0.15, 0.2) is 88.5 Å². The molecule has 1 amide bonds. The molecule has 0 saturated carbocycles. The van der Waals surface area contributed by atoms with Crippen LogP contribution in [0.3, 0.4) is 0 Å². The first-order valence-electron chi connectivity index (χ1n) is 10.3. The van der Waals surface area contributed by atoms with Gasteiger partial charge < -0.3 is 5.32 Å². The van der Waals surface area contributed by atoms with E-state index in [0.29, 0.717) is 11.3 Å². The zero-order valence-electron chi connectivity index (χ0n) is 17.9. The molecule has 33 heavy (non-hydrogen) atoms. The van der Waals surface area contributed by atoms with Crippen LogP contribution in [0.1, 0.15) is 27.2 Å². The highest BCUT2D eigenvalue weighted by molar-refractivity contribution is 5.91. The number of carbonyl (C=O) groups excluding carboxylic acids is 1. The van der Waals surface area contributed by atoms with Gasteiger partial charge in [0.25, 0.3) is 11.5 Å². The number of nitrogens with zero attached hydrogens (tertiary/aromatic N) is 3. The van der Waals surface area contributed by atoms with E-state index in [2.05, 4.69) is 10.4 Å². The highest BCUT2D eigenvalue weighted by Gasteiger charge is 2.20. The lowest BCUT2D eigenvalue weighted by Gasteiger charge is -2.13. The van der Waals surface area contributed by atoms with Crippen molar-refractivity contribution in [2.24, 2.45) is 0 Å². The zero-order chi connectivity index (χ0) is 23.4. The number of amides is 1. The Hall–Kier alpha value is -4.33. The van der Waals surface area contributed by atoms with Crippen LogP contribution in [0.5, 0.6) is 0 Å². The fourth-order valence-corrected chi connectivity index (χ4v) is 3.40. The Morgan fingerprint density at radius 2 is 1.67 bits per heavy atom. The highest BCUT2D eigenvalue weighted by atomic mass is 19.1. The number of halogens is 1. The summed E-state index contributed by atoms with van der Waals surface area (Å²) in [6.45, 7) is 1.84. The second-order valence-electron chi connectivity index (χ2n) is 7.57. The van der Waals surface area contributed by atoms with Gasteiger partial charge in [-0.15, -0.1) is 0 Å². The number of hydrogen-bond acceptors (Lipinski definition) is 4. The molecule has 0 unspecified atom stereocenters. The van der Waals surface area contributed by atoms with Gasteiger partial charge in [0.1, 0.15) is 5.82 Å². The SMILES string of the molecule is Cc1cccc(-n2nc(C(=O)NCc3ccccc3)c(=O)n(Cc3cccc(F)c3)c2=O)c1. The first-order chi connectivity index (χ1) is 15.9. The second kappa shape index (κ2) is 9.44. The zero-order valence-corrected chi connectivity index (χ0v) is 17.9. The van der Waals surface area contributed by atoms with Gasteiger partial charge in [-0.3, -0.25) is 14.2 Å². The molecule has 0 bridgehead atoms. The topological polar surface area (TPSA) is 86.0 Å². The fraction of sp³-hybridized carbons (Fsp3) is 0.120. The van der Waals surface area contributed by atoms with E-state index in [1.54, 1.807) is 24.3 Å². The summed E-state index contributed by atoms with van der Waals surface area (Å²) in [5.74, 6) is -1.20. The molecule has 1 N–H and O–H groups in total. The van der Waals surface area contributed by atoms with E-state index in [9.17, 15) is 18.8 Å². The van der Waals surface area contributed by atoms with Gasteiger partial charge in [-0.05, 0) is 47.9 Å². The van der Waals surface area contributed by atoms with Gasteiger partial charge in [0.15, 0.2) is 0 Å². The smallest absolute Gasteiger partial charge is 0.346 e. The number of nitrogens with one attached hydrogen (secondary N) is 1. The molecule has 1 aromatic heterocycles. The predicted molar refractivity (Wildman–Crippen MR) is 122 cm³/mol. The standard InChI is InChI=1S/C25H21FN4O3/c1-17-7-5-12-21(13-17)30-25(33)29(16-19-10-6-11-20(26)14-19)24(32)22(28-30)23(31)27-15-18-8-3-2-4-9-18/h2-14H,15-16H2,1H3,(H,27,31). The van der Waals surface area contributed by atoms with Crippen molar-refractivity contribution in [1.29, 1.82) is 0 Å². The van der Waals surface area contributed by atoms with E-state index in [4.69, 9.17) is 0 Å². The van der Waals surface area contributed by atoms with Crippen LogP contribution in [-0.2, 0) is 13.1 Å². The van der Waals surface area contributed by atoms with Crippen molar-refractivity contribution in [1.82, 2.24) is 19.7 Å². The van der Waals surface area contributed by atoms with E-state index >= 15 is 0 Å². The van der Waals surface area contributed by atoms with E-state index in [1.165, 1.54) is 18.2 Å². The van der Waals surface area contributed by atoms with Crippen molar-refractivity contribution in [2.45, 2.75) is 20.0 Å². The molecule has 4 rings (SSSR count). The molecule has 0 spiro atoms. The van der Waals surface area contributed by atoms with Crippen molar-refractivity contribution in [3.8, 4) is 5.69 Å². The van der Waals surface area contributed by atoms with Crippen molar-refractivity contribution >= 4 is 5.91 Å². The molecule has 7 nitrogen and oxygen atoms in total. The number of aryl methyl sites for hydroxylation is 1. The Balaban J connectivity index is 1.79. The third kappa shape index (κ3) is 4.95. The Kier molecular flexibility index (Phi) is 6.26. The summed E-state index contributed by atoms with van der Waals surface area (Å²) in [5.41, 5.74) is 0.533. The molecule has 0 aliphatic carbocycles. The molecule has 0 saturated heterocycles. The molecule has 1 heterocycles.